The Balaban J connectivity index is 1.34. The van der Waals surface area contributed by atoms with Crippen molar-refractivity contribution < 1.29 is 32.6 Å². The van der Waals surface area contributed by atoms with Crippen LogP contribution in [0.3, 0.4) is 0 Å². The van der Waals surface area contributed by atoms with Crippen LogP contribution in [-0.4, -0.2) is 47.0 Å². The molecule has 2 heterocycles. The number of hydrogen-bond acceptors (Lipinski definition) is 5. The number of carbonyl (C=O) groups excluding carboxylic acids is 1. The standard InChI is InChI=1S/C32H29BrF3N3O4/c1-17-26(22-13-20(33)6-7-24(22)37-27(17)39-15-18-12-19(18)16-39)28(40)38-31-10-8-30(9-11-31,29(41)42)14-23(31)21-4-2-3-5-25(21)43-32(34,35)36/h2-7,13-14,18-19H,8-12,15-16H2,1H3,(H,38,40)(H,41,42). The van der Waals surface area contributed by atoms with Gasteiger partial charge in [-0.25, -0.2) is 4.98 Å². The van der Waals surface area contributed by atoms with E-state index in [0.29, 0.717) is 33.9 Å². The molecule has 3 aromatic rings. The normalized spacial score (nSPS) is 27.6. The van der Waals surface area contributed by atoms with Gasteiger partial charge in [0.25, 0.3) is 5.91 Å². The lowest BCUT2D eigenvalue weighted by molar-refractivity contribution is -0.274. The van der Waals surface area contributed by atoms with E-state index in [-0.39, 0.29) is 37.2 Å². The number of rotatable bonds is 6. The molecule has 2 saturated carbocycles. The van der Waals surface area contributed by atoms with Crippen LogP contribution in [0, 0.1) is 24.2 Å². The molecule has 224 valence electrons. The fourth-order valence-corrected chi connectivity index (χ4v) is 7.79. The summed E-state index contributed by atoms with van der Waals surface area (Å²) in [4.78, 5) is 34.1. The van der Waals surface area contributed by atoms with Gasteiger partial charge in [0.15, 0.2) is 0 Å². The number of nitrogens with zero attached hydrogens (tertiary/aromatic N) is 2. The Morgan fingerprint density at radius 3 is 2.47 bits per heavy atom. The summed E-state index contributed by atoms with van der Waals surface area (Å²) < 4.78 is 45.4. The Hall–Kier alpha value is -3.60. The van der Waals surface area contributed by atoms with E-state index in [4.69, 9.17) is 4.98 Å². The van der Waals surface area contributed by atoms with Crippen LogP contribution in [0.25, 0.3) is 16.5 Å². The lowest BCUT2D eigenvalue weighted by atomic mass is 9.57. The second-order valence-electron chi connectivity index (χ2n) is 12.4. The molecule has 1 saturated heterocycles. The molecule has 4 aliphatic carbocycles. The summed E-state index contributed by atoms with van der Waals surface area (Å²) in [6.45, 7) is 3.68. The van der Waals surface area contributed by atoms with Crippen LogP contribution in [0.2, 0.25) is 0 Å². The van der Waals surface area contributed by atoms with Crippen molar-refractivity contribution in [3.05, 3.63) is 69.7 Å². The summed E-state index contributed by atoms with van der Waals surface area (Å²) >= 11 is 3.52. The lowest BCUT2D eigenvalue weighted by Crippen LogP contribution is -2.57. The van der Waals surface area contributed by atoms with Crippen LogP contribution in [0.4, 0.5) is 19.0 Å². The first-order valence-corrected chi connectivity index (χ1v) is 15.2. The largest absolute Gasteiger partial charge is 0.573 e. The Kier molecular flexibility index (Phi) is 6.36. The number of hydrogen-bond donors (Lipinski definition) is 2. The number of amides is 1. The maximum atomic E-state index is 14.5. The summed E-state index contributed by atoms with van der Waals surface area (Å²) in [5.74, 6) is 0.229. The molecule has 2 bridgehead atoms. The smallest absolute Gasteiger partial charge is 0.481 e. The molecule has 11 heteroatoms. The van der Waals surface area contributed by atoms with Gasteiger partial charge in [-0.15, -0.1) is 13.2 Å². The number of ether oxygens (including phenoxy) is 1. The number of aliphatic carboxylic acids is 1. The molecule has 1 amide bonds. The van der Waals surface area contributed by atoms with Crippen molar-refractivity contribution in [1.82, 2.24) is 10.3 Å². The van der Waals surface area contributed by atoms with Crippen LogP contribution in [-0.2, 0) is 4.79 Å². The minimum atomic E-state index is -4.95. The molecule has 5 aliphatic rings. The second-order valence-corrected chi connectivity index (χ2v) is 13.3. The van der Waals surface area contributed by atoms with E-state index in [2.05, 4.69) is 30.9 Å². The molecule has 2 atom stereocenters. The fourth-order valence-electron chi connectivity index (χ4n) is 7.43. The Morgan fingerprint density at radius 2 is 1.79 bits per heavy atom. The van der Waals surface area contributed by atoms with E-state index >= 15 is 0 Å². The van der Waals surface area contributed by atoms with E-state index in [1.807, 2.05) is 25.1 Å². The third-order valence-electron chi connectivity index (χ3n) is 9.78. The molecule has 1 aromatic heterocycles. The molecular weight excluding hydrogens is 627 g/mol. The van der Waals surface area contributed by atoms with Gasteiger partial charge in [0.05, 0.1) is 22.0 Å². The summed E-state index contributed by atoms with van der Waals surface area (Å²) in [5.41, 5.74) is -0.0263. The SMILES string of the molecule is Cc1c(N2CC3CC3C2)nc2ccc(Br)cc2c1C(=O)NC12CCC(C(=O)O)(C=C1c1ccccc1OC(F)(F)F)CC2. The second kappa shape index (κ2) is 9.70. The molecule has 2 aromatic carbocycles. The van der Waals surface area contributed by atoms with Gasteiger partial charge in [-0.2, -0.15) is 0 Å². The summed E-state index contributed by atoms with van der Waals surface area (Å²) in [6, 6.07) is 11.3. The van der Waals surface area contributed by atoms with Crippen LogP contribution in [0.1, 0.15) is 53.6 Å². The summed E-state index contributed by atoms with van der Waals surface area (Å²) in [7, 11) is 0. The number of aromatic nitrogens is 1. The lowest BCUT2D eigenvalue weighted by Gasteiger charge is -2.51. The van der Waals surface area contributed by atoms with E-state index in [1.165, 1.54) is 30.7 Å². The number of halogens is 4. The van der Waals surface area contributed by atoms with E-state index in [0.717, 1.165) is 28.9 Å². The van der Waals surface area contributed by atoms with Crippen molar-refractivity contribution >= 4 is 50.1 Å². The van der Waals surface area contributed by atoms with E-state index in [1.54, 1.807) is 6.07 Å². The maximum Gasteiger partial charge on any atom is 0.573 e. The van der Waals surface area contributed by atoms with Crippen molar-refractivity contribution in [2.45, 2.75) is 50.9 Å². The number of para-hydroxylation sites is 1. The fraction of sp³-hybridized carbons (Fsp3) is 0.406. The first-order chi connectivity index (χ1) is 20.4. The van der Waals surface area contributed by atoms with Crippen LogP contribution in [0.5, 0.6) is 5.75 Å². The summed E-state index contributed by atoms with van der Waals surface area (Å²) in [6.07, 6.45) is -1.18. The number of carbonyl (C=O) groups is 2. The van der Waals surface area contributed by atoms with Crippen molar-refractivity contribution in [3.8, 4) is 5.75 Å². The first kappa shape index (κ1) is 28.2. The molecule has 0 radical (unpaired) electrons. The zero-order valence-electron chi connectivity index (χ0n) is 23.3. The van der Waals surface area contributed by atoms with E-state index in [9.17, 15) is 27.9 Å². The molecule has 1 aliphatic heterocycles. The van der Waals surface area contributed by atoms with Crippen LogP contribution in [0.15, 0.2) is 53.0 Å². The quantitative estimate of drug-likeness (QED) is 0.301. The van der Waals surface area contributed by atoms with Gasteiger partial charge >= 0.3 is 12.3 Å². The predicted octanol–water partition coefficient (Wildman–Crippen LogP) is 6.87. The van der Waals surface area contributed by atoms with Gasteiger partial charge in [0, 0.05) is 34.1 Å². The number of nitrogens with one attached hydrogen (secondary N) is 1. The topological polar surface area (TPSA) is 91.8 Å². The zero-order valence-corrected chi connectivity index (χ0v) is 24.9. The number of anilines is 1. The summed E-state index contributed by atoms with van der Waals surface area (Å²) in [5, 5.41) is 14.0. The molecule has 0 spiro atoms. The highest BCUT2D eigenvalue weighted by molar-refractivity contribution is 9.10. The van der Waals surface area contributed by atoms with Gasteiger partial charge in [-0.1, -0.05) is 40.2 Å². The minimum Gasteiger partial charge on any atom is -0.481 e. The van der Waals surface area contributed by atoms with Gasteiger partial charge in [0.2, 0.25) is 0 Å². The van der Waals surface area contributed by atoms with Gasteiger partial charge in [-0.05, 0) is 80.7 Å². The van der Waals surface area contributed by atoms with Crippen LogP contribution < -0.4 is 15.0 Å². The number of fused-ring (bicyclic) bond motifs is 4. The molecule has 2 unspecified atom stereocenters. The molecule has 8 rings (SSSR count). The zero-order chi connectivity index (χ0) is 30.3. The van der Waals surface area contributed by atoms with Gasteiger partial charge in [0.1, 0.15) is 11.6 Å². The maximum absolute atomic E-state index is 14.5. The van der Waals surface area contributed by atoms with Crippen molar-refractivity contribution in [1.29, 1.82) is 0 Å². The third kappa shape index (κ3) is 4.76. The highest BCUT2D eigenvalue weighted by Gasteiger charge is 2.55. The Bertz CT molecular complexity index is 1700. The molecule has 2 N–H and O–H groups in total. The number of carboxylic acid groups (broad SMARTS) is 1. The van der Waals surface area contributed by atoms with Crippen molar-refractivity contribution in [2.75, 3.05) is 18.0 Å². The average molecular weight is 656 g/mol. The third-order valence-corrected chi connectivity index (χ3v) is 10.3. The molecule has 3 fully saturated rings. The number of benzene rings is 2. The van der Waals surface area contributed by atoms with Crippen molar-refractivity contribution in [2.24, 2.45) is 17.3 Å². The minimum absolute atomic E-state index is 0.112. The molecule has 43 heavy (non-hydrogen) atoms. The van der Waals surface area contributed by atoms with Crippen molar-refractivity contribution in [3.63, 3.8) is 0 Å². The van der Waals surface area contributed by atoms with Gasteiger partial charge < -0.3 is 20.1 Å². The van der Waals surface area contributed by atoms with Gasteiger partial charge in [-0.3, -0.25) is 9.59 Å². The molecule has 7 nitrogen and oxygen atoms in total. The number of piperidine rings is 1. The van der Waals surface area contributed by atoms with Crippen LogP contribution >= 0.6 is 15.9 Å². The average Bonchev–Trinajstić information content (AvgIpc) is 3.56. The number of pyridine rings is 1. The Morgan fingerprint density at radius 1 is 1.09 bits per heavy atom. The number of alkyl halides is 3. The highest BCUT2D eigenvalue weighted by atomic mass is 79.9. The first-order valence-electron chi connectivity index (χ1n) is 14.4. The molecular formula is C32H29BrF3N3O4. The Labute approximate surface area is 254 Å². The predicted molar refractivity (Wildman–Crippen MR) is 158 cm³/mol. The number of carboxylic acids is 1. The monoisotopic (exact) mass is 655 g/mol. The van der Waals surface area contributed by atoms with E-state index < -0.39 is 29.0 Å². The highest BCUT2D eigenvalue weighted by Crippen LogP contribution is 2.56.